The van der Waals surface area contributed by atoms with Crippen LogP contribution in [-0.2, 0) is 0 Å². The number of hydrogen-bond acceptors (Lipinski definition) is 4. The van der Waals surface area contributed by atoms with Gasteiger partial charge in [-0.15, -0.1) is 0 Å². The molecule has 304 valence electrons. The molecule has 0 N–H and O–H groups in total. The summed E-state index contributed by atoms with van der Waals surface area (Å²) in [6.07, 6.45) is 1.74. The summed E-state index contributed by atoms with van der Waals surface area (Å²) >= 11 is 0. The van der Waals surface area contributed by atoms with E-state index in [2.05, 4.69) is 154 Å². The van der Waals surface area contributed by atoms with E-state index in [0.717, 1.165) is 49.5 Å². The van der Waals surface area contributed by atoms with Gasteiger partial charge in [-0.1, -0.05) is 72.8 Å². The van der Waals surface area contributed by atoms with Crippen LogP contribution >= 0.6 is 0 Å². The molecule has 2 aliphatic rings. The molecule has 2 aliphatic carbocycles. The molecular weight excluding hydrogens is 801 g/mol. The third kappa shape index (κ3) is 5.09. The van der Waals surface area contributed by atoms with Gasteiger partial charge in [0.2, 0.25) is 0 Å². The minimum Gasteiger partial charge on any atom is -0.246 e. The maximum Gasteiger partial charge on any atom is 0.141 e. The molecule has 0 atom stereocenters. The van der Waals surface area contributed by atoms with E-state index in [4.69, 9.17) is 0 Å². The monoisotopic (exact) mass is 836 g/mol. The van der Waals surface area contributed by atoms with E-state index >= 15 is 0 Å². The number of rotatable bonds is 3. The van der Waals surface area contributed by atoms with Crippen molar-refractivity contribution in [3.05, 3.63) is 185 Å². The van der Waals surface area contributed by atoms with Gasteiger partial charge < -0.3 is 0 Å². The number of fused-ring (bicyclic) bond motifs is 11. The van der Waals surface area contributed by atoms with Crippen molar-refractivity contribution in [2.45, 2.75) is 27.7 Å². The molecule has 0 radical (unpaired) electrons. The number of benzene rings is 10. The van der Waals surface area contributed by atoms with Crippen molar-refractivity contribution in [1.82, 2.24) is 4.98 Å². The summed E-state index contributed by atoms with van der Waals surface area (Å²) in [6.45, 7) is 8.42. The first-order chi connectivity index (χ1) is 32.2. The van der Waals surface area contributed by atoms with Gasteiger partial charge in [-0.3, -0.25) is 0 Å². The Morgan fingerprint density at radius 1 is 0.348 bits per heavy atom. The van der Waals surface area contributed by atoms with Crippen LogP contribution in [0.5, 0.6) is 0 Å². The lowest BCUT2D eigenvalue weighted by molar-refractivity contribution is 1.27. The highest BCUT2D eigenvalue weighted by molar-refractivity contribution is 6.28. The Labute approximate surface area is 381 Å². The Balaban J connectivity index is 1.06. The van der Waals surface area contributed by atoms with Crippen LogP contribution in [0.25, 0.3) is 132 Å². The van der Waals surface area contributed by atoms with Gasteiger partial charge in [0.1, 0.15) is 11.8 Å². The predicted molar refractivity (Wildman–Crippen MR) is 270 cm³/mol. The normalized spacial score (nSPS) is 11.9. The molecular formula is C62H36N4. The smallest absolute Gasteiger partial charge is 0.141 e. The van der Waals surface area contributed by atoms with Gasteiger partial charge >= 0.3 is 0 Å². The summed E-state index contributed by atoms with van der Waals surface area (Å²) in [5.74, 6) is 0. The zero-order valence-corrected chi connectivity index (χ0v) is 36.6. The Bertz CT molecular complexity index is 4200. The summed E-state index contributed by atoms with van der Waals surface area (Å²) in [4.78, 5) is 4.37. The molecule has 0 saturated carbocycles. The van der Waals surface area contributed by atoms with Crippen LogP contribution in [0.2, 0.25) is 0 Å². The van der Waals surface area contributed by atoms with Crippen molar-refractivity contribution in [2.75, 3.05) is 0 Å². The van der Waals surface area contributed by atoms with Gasteiger partial charge in [-0.05, 0) is 248 Å². The predicted octanol–water partition coefficient (Wildman–Crippen LogP) is 16.0. The van der Waals surface area contributed by atoms with E-state index in [-0.39, 0.29) is 0 Å². The molecule has 13 rings (SSSR count). The molecule has 0 unspecified atom stereocenters. The Hall–Kier alpha value is -8.88. The van der Waals surface area contributed by atoms with Crippen LogP contribution in [0.3, 0.4) is 0 Å². The molecule has 0 spiro atoms. The molecule has 0 fully saturated rings. The molecule has 0 amide bonds. The first-order valence-corrected chi connectivity index (χ1v) is 22.3. The van der Waals surface area contributed by atoms with Gasteiger partial charge in [-0.2, -0.15) is 15.8 Å². The van der Waals surface area contributed by atoms with E-state index in [1.807, 2.05) is 36.4 Å². The minimum absolute atomic E-state index is 0.382. The highest BCUT2D eigenvalue weighted by Crippen LogP contribution is 2.55. The third-order valence-electron chi connectivity index (χ3n) is 14.5. The molecule has 1 heterocycles. The first-order valence-electron chi connectivity index (χ1n) is 22.3. The molecule has 4 heteroatoms. The highest BCUT2D eigenvalue weighted by Gasteiger charge is 2.28. The van der Waals surface area contributed by atoms with Gasteiger partial charge in [-0.25, -0.2) is 4.98 Å². The maximum atomic E-state index is 10.0. The topological polar surface area (TPSA) is 84.3 Å². The second-order valence-corrected chi connectivity index (χ2v) is 18.2. The fourth-order valence-electron chi connectivity index (χ4n) is 11.9. The first kappa shape index (κ1) is 37.7. The largest absolute Gasteiger partial charge is 0.246 e. The lowest BCUT2D eigenvalue weighted by Crippen LogP contribution is -1.92. The summed E-state index contributed by atoms with van der Waals surface area (Å²) in [6, 6.07) is 57.7. The zero-order chi connectivity index (χ0) is 44.7. The molecule has 66 heavy (non-hydrogen) atoms. The zero-order valence-electron chi connectivity index (χ0n) is 36.6. The minimum atomic E-state index is 0.382. The van der Waals surface area contributed by atoms with E-state index in [9.17, 15) is 15.8 Å². The number of nitriles is 3. The second kappa shape index (κ2) is 13.6. The lowest BCUT2D eigenvalue weighted by atomic mass is 9.87. The number of hydrogen-bond donors (Lipinski definition) is 0. The Morgan fingerprint density at radius 2 is 0.818 bits per heavy atom. The van der Waals surface area contributed by atoms with Crippen molar-refractivity contribution < 1.29 is 0 Å². The summed E-state index contributed by atoms with van der Waals surface area (Å²) in [7, 11) is 0. The van der Waals surface area contributed by atoms with Crippen LogP contribution in [0.1, 0.15) is 39.1 Å². The summed E-state index contributed by atoms with van der Waals surface area (Å²) in [5, 5.41) is 41.3. The van der Waals surface area contributed by atoms with Crippen molar-refractivity contribution in [3.8, 4) is 96.1 Å². The second-order valence-electron chi connectivity index (χ2n) is 18.2. The number of nitrogens with zero attached hydrogens (tertiary/aromatic N) is 4. The molecule has 10 aromatic carbocycles. The molecule has 0 aliphatic heterocycles. The van der Waals surface area contributed by atoms with E-state index in [0.29, 0.717) is 16.8 Å². The van der Waals surface area contributed by atoms with E-state index in [1.54, 1.807) is 6.20 Å². The molecule has 4 nitrogen and oxygen atoms in total. The van der Waals surface area contributed by atoms with E-state index < -0.39 is 0 Å². The average molecular weight is 837 g/mol. The van der Waals surface area contributed by atoms with Gasteiger partial charge in [0.15, 0.2) is 0 Å². The molecule has 1 aromatic heterocycles. The average Bonchev–Trinajstić information content (AvgIpc) is 3.83. The molecule has 0 saturated heterocycles. The quantitative estimate of drug-likeness (QED) is 0.166. The van der Waals surface area contributed by atoms with Crippen LogP contribution < -0.4 is 0 Å². The Morgan fingerprint density at radius 3 is 1.36 bits per heavy atom. The lowest BCUT2D eigenvalue weighted by Gasteiger charge is -2.16. The standard InChI is InChI=1S/C62H36N4/c1-32-19-36(29-63)20-33(2)59(32)46-13-15-48-52-24-38-11-12-41-53(50(38)26-55(52)44-9-5-7-42(46)61(44)48)25-51(39-17-18-66-40(23-39)31-65)58-28-57-49-16-14-47(60-34(3)21-37(30-64)22-35(60)4)43-8-6-10-45(62(43)49)56(57)27-54(41)58/h5-28H,1-4H3. The van der Waals surface area contributed by atoms with Crippen LogP contribution in [0, 0.1) is 61.7 Å². The van der Waals surface area contributed by atoms with Crippen molar-refractivity contribution >= 4 is 53.9 Å². The van der Waals surface area contributed by atoms with Crippen molar-refractivity contribution in [2.24, 2.45) is 0 Å². The fourth-order valence-corrected chi connectivity index (χ4v) is 11.9. The molecule has 0 bridgehead atoms. The van der Waals surface area contributed by atoms with Gasteiger partial charge in [0.25, 0.3) is 0 Å². The van der Waals surface area contributed by atoms with Crippen LogP contribution in [-0.4, -0.2) is 4.98 Å². The Kier molecular flexibility index (Phi) is 7.74. The van der Waals surface area contributed by atoms with Gasteiger partial charge in [0, 0.05) is 6.20 Å². The van der Waals surface area contributed by atoms with Gasteiger partial charge in [0.05, 0.1) is 23.3 Å². The van der Waals surface area contributed by atoms with Crippen molar-refractivity contribution in [1.29, 1.82) is 15.8 Å². The number of pyridine rings is 1. The summed E-state index contributed by atoms with van der Waals surface area (Å²) < 4.78 is 0. The number of aryl methyl sites for hydroxylation is 4. The van der Waals surface area contributed by atoms with Crippen LogP contribution in [0.15, 0.2) is 146 Å². The highest BCUT2D eigenvalue weighted by atomic mass is 14.7. The molecule has 11 aromatic rings. The summed E-state index contributed by atoms with van der Waals surface area (Å²) in [5.41, 5.74) is 22.6. The third-order valence-corrected chi connectivity index (χ3v) is 14.5. The van der Waals surface area contributed by atoms with E-state index in [1.165, 1.54) is 104 Å². The fraction of sp³-hybridized carbons (Fsp3) is 0.0645. The number of aromatic nitrogens is 1. The maximum absolute atomic E-state index is 10.0. The van der Waals surface area contributed by atoms with Crippen LogP contribution in [0.4, 0.5) is 0 Å². The SMILES string of the molecule is Cc1cc(C#N)cc(C)c1-c1ccc2c3c(cccc13)-c1cc3c(ccc4c5cc6c(cc5c(-c5ccnc(C#N)c5)cc34)-c3ccc(-c4c(C)cc(C#N)cc4C)c4cccc-6c34)cc1-2. The van der Waals surface area contributed by atoms with Crippen molar-refractivity contribution in [3.63, 3.8) is 0 Å².